The lowest BCUT2D eigenvalue weighted by molar-refractivity contribution is 0.156. The van der Waals surface area contributed by atoms with Gasteiger partial charge in [-0.2, -0.15) is 5.26 Å². The molecule has 0 aliphatic carbocycles. The Morgan fingerprint density at radius 2 is 2.42 bits per heavy atom. The first-order valence-corrected chi connectivity index (χ1v) is 3.45. The molecule has 0 aliphatic heterocycles. The lowest BCUT2D eigenvalue weighted by Gasteiger charge is -1.97. The Bertz CT molecular complexity index is 226. The molecule has 1 amide bonds. The second-order valence-corrected chi connectivity index (χ2v) is 1.71. The number of nitriles is 1. The maximum Gasteiger partial charge on any atom is 0.411 e. The second-order valence-electron chi connectivity index (χ2n) is 1.71. The number of allylic oxidation sites excluding steroid dienone is 3. The minimum atomic E-state index is -0.501. The first-order chi connectivity index (χ1) is 5.81. The highest BCUT2D eigenvalue weighted by atomic mass is 16.5. The normalized spacial score (nSPS) is 10.0. The van der Waals surface area contributed by atoms with E-state index in [9.17, 15) is 4.79 Å². The average molecular weight is 166 g/mol. The van der Waals surface area contributed by atoms with Gasteiger partial charge < -0.3 is 4.74 Å². The first-order valence-electron chi connectivity index (χ1n) is 3.45. The molecule has 0 atom stereocenters. The van der Waals surface area contributed by atoms with E-state index in [4.69, 9.17) is 5.26 Å². The molecule has 0 aromatic carbocycles. The van der Waals surface area contributed by atoms with Crippen molar-refractivity contribution < 1.29 is 9.53 Å². The van der Waals surface area contributed by atoms with Gasteiger partial charge in [0.15, 0.2) is 0 Å². The molecule has 0 rings (SSSR count). The van der Waals surface area contributed by atoms with Crippen molar-refractivity contribution >= 4 is 6.09 Å². The Hall–Kier alpha value is -1.76. The van der Waals surface area contributed by atoms with Crippen LogP contribution in [-0.2, 0) is 4.74 Å². The zero-order valence-electron chi connectivity index (χ0n) is 6.78. The summed E-state index contributed by atoms with van der Waals surface area (Å²) in [5.41, 5.74) is 0. The standard InChI is InChI=1S/C8H10N2O2/c1-2-12-8(11)10-7-5-3-4-6-9/h3-5,7H,2H2,1H3,(H,10,11)/b4-3+,7-5+. The van der Waals surface area contributed by atoms with Crippen LogP contribution < -0.4 is 5.32 Å². The molecule has 0 fully saturated rings. The number of amides is 1. The van der Waals surface area contributed by atoms with Crippen molar-refractivity contribution in [1.82, 2.24) is 5.32 Å². The molecule has 0 unspecified atom stereocenters. The van der Waals surface area contributed by atoms with Gasteiger partial charge in [0.25, 0.3) is 0 Å². The van der Waals surface area contributed by atoms with Gasteiger partial charge in [0.05, 0.1) is 12.7 Å². The fraction of sp³-hybridized carbons (Fsp3) is 0.250. The molecule has 0 spiro atoms. The summed E-state index contributed by atoms with van der Waals surface area (Å²) in [4.78, 5) is 10.6. The van der Waals surface area contributed by atoms with E-state index >= 15 is 0 Å². The van der Waals surface area contributed by atoms with Crippen molar-refractivity contribution in [2.45, 2.75) is 6.92 Å². The zero-order chi connectivity index (χ0) is 9.23. The Labute approximate surface area is 71.1 Å². The van der Waals surface area contributed by atoms with Gasteiger partial charge in [-0.1, -0.05) is 6.08 Å². The Kier molecular flexibility index (Phi) is 6.27. The molecular weight excluding hydrogens is 156 g/mol. The fourth-order valence-corrected chi connectivity index (χ4v) is 0.443. The number of hydrogen-bond donors (Lipinski definition) is 1. The first kappa shape index (κ1) is 10.2. The topological polar surface area (TPSA) is 62.1 Å². The number of hydrogen-bond acceptors (Lipinski definition) is 3. The highest BCUT2D eigenvalue weighted by Gasteiger charge is 1.92. The number of alkyl carbamates (subject to hydrolysis) is 1. The molecule has 0 heterocycles. The van der Waals surface area contributed by atoms with E-state index in [1.165, 1.54) is 24.4 Å². The number of rotatable bonds is 3. The van der Waals surface area contributed by atoms with Crippen molar-refractivity contribution in [3.63, 3.8) is 0 Å². The molecule has 0 aliphatic rings. The molecule has 1 N–H and O–H groups in total. The fourth-order valence-electron chi connectivity index (χ4n) is 0.443. The van der Waals surface area contributed by atoms with Crippen LogP contribution in [0.4, 0.5) is 4.79 Å². The average Bonchev–Trinajstić information content (AvgIpc) is 2.05. The number of carbonyl (C=O) groups excluding carboxylic acids is 1. The van der Waals surface area contributed by atoms with E-state index in [1.807, 2.05) is 0 Å². The van der Waals surface area contributed by atoms with Gasteiger partial charge >= 0.3 is 6.09 Å². The Morgan fingerprint density at radius 3 is 3.00 bits per heavy atom. The molecule has 64 valence electrons. The van der Waals surface area contributed by atoms with Gasteiger partial charge in [0, 0.05) is 12.3 Å². The zero-order valence-corrected chi connectivity index (χ0v) is 6.78. The van der Waals surface area contributed by atoms with E-state index in [1.54, 1.807) is 13.0 Å². The Morgan fingerprint density at radius 1 is 1.67 bits per heavy atom. The summed E-state index contributed by atoms with van der Waals surface area (Å²) < 4.78 is 4.56. The Balaban J connectivity index is 3.54. The molecule has 4 heteroatoms. The van der Waals surface area contributed by atoms with Crippen molar-refractivity contribution in [3.05, 3.63) is 24.4 Å². The molecular formula is C8H10N2O2. The van der Waals surface area contributed by atoms with Crippen molar-refractivity contribution in [2.75, 3.05) is 6.61 Å². The highest BCUT2D eigenvalue weighted by molar-refractivity contribution is 5.68. The van der Waals surface area contributed by atoms with Crippen LogP contribution in [0.15, 0.2) is 24.4 Å². The summed E-state index contributed by atoms with van der Waals surface area (Å²) in [5, 5.41) is 10.4. The number of nitrogens with zero attached hydrogens (tertiary/aromatic N) is 1. The van der Waals surface area contributed by atoms with Crippen LogP contribution >= 0.6 is 0 Å². The van der Waals surface area contributed by atoms with Crippen LogP contribution in [0.2, 0.25) is 0 Å². The van der Waals surface area contributed by atoms with E-state index in [0.717, 1.165) is 0 Å². The molecule has 0 saturated heterocycles. The summed E-state index contributed by atoms with van der Waals surface area (Å²) >= 11 is 0. The summed E-state index contributed by atoms with van der Waals surface area (Å²) in [6.45, 7) is 2.06. The monoisotopic (exact) mass is 166 g/mol. The smallest absolute Gasteiger partial charge is 0.411 e. The molecule has 0 radical (unpaired) electrons. The van der Waals surface area contributed by atoms with Crippen LogP contribution in [0, 0.1) is 11.3 Å². The third kappa shape index (κ3) is 6.36. The van der Waals surface area contributed by atoms with Gasteiger partial charge in [0.1, 0.15) is 0 Å². The molecule has 0 saturated carbocycles. The van der Waals surface area contributed by atoms with Crippen LogP contribution in [0.3, 0.4) is 0 Å². The third-order valence-electron chi connectivity index (χ3n) is 0.855. The highest BCUT2D eigenvalue weighted by Crippen LogP contribution is 1.77. The molecule has 0 aromatic heterocycles. The largest absolute Gasteiger partial charge is 0.450 e. The van der Waals surface area contributed by atoms with Gasteiger partial charge in [-0.25, -0.2) is 4.79 Å². The van der Waals surface area contributed by atoms with Crippen LogP contribution in [0.1, 0.15) is 6.92 Å². The third-order valence-corrected chi connectivity index (χ3v) is 0.855. The summed E-state index contributed by atoms with van der Waals surface area (Å²) in [7, 11) is 0. The van der Waals surface area contributed by atoms with E-state index in [0.29, 0.717) is 6.61 Å². The summed E-state index contributed by atoms with van der Waals surface area (Å²) in [6.07, 6.45) is 5.22. The number of ether oxygens (including phenoxy) is 1. The van der Waals surface area contributed by atoms with Crippen molar-refractivity contribution in [1.29, 1.82) is 5.26 Å². The lowest BCUT2D eigenvalue weighted by atomic mass is 10.5. The maximum atomic E-state index is 10.6. The van der Waals surface area contributed by atoms with Crippen LogP contribution in [0.25, 0.3) is 0 Å². The van der Waals surface area contributed by atoms with E-state index < -0.39 is 6.09 Å². The van der Waals surface area contributed by atoms with E-state index in [-0.39, 0.29) is 0 Å². The summed E-state index contributed by atoms with van der Waals surface area (Å²) in [6, 6.07) is 1.81. The predicted octanol–water partition coefficient (Wildman–Crippen LogP) is 1.33. The summed E-state index contributed by atoms with van der Waals surface area (Å²) in [5.74, 6) is 0. The van der Waals surface area contributed by atoms with Crippen LogP contribution in [-0.4, -0.2) is 12.7 Å². The maximum absolute atomic E-state index is 10.6. The molecule has 4 nitrogen and oxygen atoms in total. The van der Waals surface area contributed by atoms with E-state index in [2.05, 4.69) is 10.1 Å². The minimum Gasteiger partial charge on any atom is -0.450 e. The minimum absolute atomic E-state index is 0.341. The molecule has 12 heavy (non-hydrogen) atoms. The molecule has 0 aromatic rings. The van der Waals surface area contributed by atoms with Crippen molar-refractivity contribution in [2.24, 2.45) is 0 Å². The predicted molar refractivity (Wildman–Crippen MR) is 44.1 cm³/mol. The van der Waals surface area contributed by atoms with Gasteiger partial charge in [0.2, 0.25) is 0 Å². The molecule has 0 bridgehead atoms. The number of nitrogens with one attached hydrogen (secondary N) is 1. The van der Waals surface area contributed by atoms with Gasteiger partial charge in [-0.05, 0) is 13.0 Å². The lowest BCUT2D eigenvalue weighted by Crippen LogP contribution is -2.17. The number of carbonyl (C=O) groups is 1. The van der Waals surface area contributed by atoms with Gasteiger partial charge in [-0.3, -0.25) is 5.32 Å². The second kappa shape index (κ2) is 7.35. The van der Waals surface area contributed by atoms with Gasteiger partial charge in [-0.15, -0.1) is 0 Å². The SMILES string of the molecule is CCOC(=O)N/C=C/C=C/C#N. The van der Waals surface area contributed by atoms with Crippen LogP contribution in [0.5, 0.6) is 0 Å². The quantitative estimate of drug-likeness (QED) is 0.508. The van der Waals surface area contributed by atoms with Crippen molar-refractivity contribution in [3.8, 4) is 6.07 Å².